The molecule has 47 heavy (non-hydrogen) atoms. The summed E-state index contributed by atoms with van der Waals surface area (Å²) in [6.07, 6.45) is -1.92. The molecule has 2 aliphatic heterocycles. The van der Waals surface area contributed by atoms with E-state index in [1.165, 1.54) is 35.4 Å². The van der Waals surface area contributed by atoms with Crippen molar-refractivity contribution in [3.63, 3.8) is 0 Å². The van der Waals surface area contributed by atoms with Gasteiger partial charge < -0.3 is 5.32 Å². The maximum atomic E-state index is 13.6. The lowest BCUT2D eigenvalue weighted by molar-refractivity contribution is -0.137. The summed E-state index contributed by atoms with van der Waals surface area (Å²) < 4.78 is 65.9. The van der Waals surface area contributed by atoms with Gasteiger partial charge in [0.2, 0.25) is 0 Å². The van der Waals surface area contributed by atoms with Gasteiger partial charge in [-0.3, -0.25) is 14.6 Å². The number of alkyl halides is 5. The van der Waals surface area contributed by atoms with Gasteiger partial charge in [0.1, 0.15) is 0 Å². The number of piperidine rings is 1. The molecule has 0 unspecified atom stereocenters. The third-order valence-corrected chi connectivity index (χ3v) is 9.00. The van der Waals surface area contributed by atoms with E-state index in [1.54, 1.807) is 12.1 Å². The average molecular weight is 656 g/mol. The number of halogens is 5. The van der Waals surface area contributed by atoms with Crippen LogP contribution in [0.1, 0.15) is 90.7 Å². The predicted octanol–water partition coefficient (Wildman–Crippen LogP) is 9.23. The second-order valence-corrected chi connectivity index (χ2v) is 12.6. The van der Waals surface area contributed by atoms with E-state index >= 15 is 0 Å². The Hall–Kier alpha value is -3.56. The molecule has 254 valence electrons. The van der Waals surface area contributed by atoms with Crippen LogP contribution in [0.4, 0.5) is 22.0 Å². The number of aryl methyl sites for hydroxylation is 1. The first-order valence-corrected chi connectivity index (χ1v) is 16.4. The van der Waals surface area contributed by atoms with E-state index in [-0.39, 0.29) is 17.5 Å². The number of likely N-dealkylation sites (tertiary alicyclic amines) is 1. The Morgan fingerprint density at radius 1 is 0.787 bits per heavy atom. The molecule has 4 nitrogen and oxygen atoms in total. The highest BCUT2D eigenvalue weighted by Crippen LogP contribution is 2.32. The molecule has 1 fully saturated rings. The zero-order chi connectivity index (χ0) is 34.4. The van der Waals surface area contributed by atoms with Gasteiger partial charge in [0.15, 0.2) is 0 Å². The van der Waals surface area contributed by atoms with Gasteiger partial charge in [-0.05, 0) is 85.2 Å². The molecular weight excluding hydrogens is 609 g/mol. The van der Waals surface area contributed by atoms with E-state index in [1.807, 2.05) is 39.0 Å². The Morgan fingerprint density at radius 2 is 1.34 bits per heavy atom. The monoisotopic (exact) mass is 655 g/mol. The average Bonchev–Trinajstić information content (AvgIpc) is 3.04. The van der Waals surface area contributed by atoms with Crippen LogP contribution in [0.15, 0.2) is 72.3 Å². The van der Waals surface area contributed by atoms with Crippen molar-refractivity contribution in [1.82, 2.24) is 15.1 Å². The molecule has 2 heterocycles. The lowest BCUT2D eigenvalue weighted by Gasteiger charge is -2.32. The predicted molar refractivity (Wildman–Crippen MR) is 178 cm³/mol. The van der Waals surface area contributed by atoms with Crippen LogP contribution in [-0.2, 0) is 25.2 Å². The largest absolute Gasteiger partial charge is 0.416 e. The fourth-order valence-corrected chi connectivity index (χ4v) is 6.18. The SMILES string of the molecule is CC.CC1=C(c2cc(C(=O)NC3CCN(Cc4ccc(C(F)(F)F)cc4)CC3)ccc2C)CN(Cc2ccc(C(C)(F)F)cc2)CC1. The first-order chi connectivity index (χ1) is 22.3. The fourth-order valence-electron chi connectivity index (χ4n) is 6.18. The van der Waals surface area contributed by atoms with Crippen molar-refractivity contribution < 1.29 is 26.7 Å². The van der Waals surface area contributed by atoms with Crippen molar-refractivity contribution in [1.29, 1.82) is 0 Å². The third-order valence-electron chi connectivity index (χ3n) is 9.00. The highest BCUT2D eigenvalue weighted by molar-refractivity contribution is 5.95. The van der Waals surface area contributed by atoms with E-state index in [2.05, 4.69) is 22.0 Å². The Morgan fingerprint density at radius 3 is 1.89 bits per heavy atom. The quantitative estimate of drug-likeness (QED) is 0.246. The summed E-state index contributed by atoms with van der Waals surface area (Å²) in [5.74, 6) is -2.97. The van der Waals surface area contributed by atoms with Crippen LogP contribution in [0.2, 0.25) is 0 Å². The molecule has 1 saturated heterocycles. The van der Waals surface area contributed by atoms with Crippen LogP contribution in [0, 0.1) is 6.92 Å². The second-order valence-electron chi connectivity index (χ2n) is 12.6. The number of benzene rings is 3. The first kappa shape index (κ1) is 36.3. The van der Waals surface area contributed by atoms with Crippen LogP contribution in [0.25, 0.3) is 5.57 Å². The summed E-state index contributed by atoms with van der Waals surface area (Å²) in [7, 11) is 0. The van der Waals surface area contributed by atoms with Gasteiger partial charge in [-0.1, -0.05) is 61.9 Å². The number of hydrogen-bond donors (Lipinski definition) is 1. The first-order valence-electron chi connectivity index (χ1n) is 16.4. The highest BCUT2D eigenvalue weighted by Gasteiger charge is 2.30. The second kappa shape index (κ2) is 15.6. The van der Waals surface area contributed by atoms with Gasteiger partial charge in [0.25, 0.3) is 11.8 Å². The van der Waals surface area contributed by atoms with Crippen LogP contribution < -0.4 is 5.32 Å². The van der Waals surface area contributed by atoms with Gasteiger partial charge in [0.05, 0.1) is 5.56 Å². The standard InChI is InChI=1S/C36H40F5N3O.C2H6/c1-24-4-9-28(34(45)42-31-15-18-43(19-16-31)21-26-7-12-30(13-8-26)36(39,40)41)20-32(24)33-23-44(17-14-25(33)2)22-27-5-10-29(11-6-27)35(3,37)38;1-2/h4-13,20,31H,14-19,21-23H2,1-3H3,(H,42,45);1-2H3. The van der Waals surface area contributed by atoms with Gasteiger partial charge in [-0.15, -0.1) is 0 Å². The van der Waals surface area contributed by atoms with Gasteiger partial charge >= 0.3 is 6.18 Å². The molecule has 1 N–H and O–H groups in total. The highest BCUT2D eigenvalue weighted by atomic mass is 19.4. The zero-order valence-electron chi connectivity index (χ0n) is 28.0. The molecule has 0 bridgehead atoms. The zero-order valence-corrected chi connectivity index (χ0v) is 28.0. The maximum absolute atomic E-state index is 13.6. The molecule has 5 rings (SSSR count). The molecule has 3 aromatic rings. The van der Waals surface area contributed by atoms with Crippen LogP contribution in [0.3, 0.4) is 0 Å². The maximum Gasteiger partial charge on any atom is 0.416 e. The van der Waals surface area contributed by atoms with Crippen molar-refractivity contribution in [2.45, 2.75) is 85.1 Å². The van der Waals surface area contributed by atoms with Gasteiger partial charge in [-0.25, -0.2) is 8.78 Å². The number of carbonyl (C=O) groups excluding carboxylic acids is 1. The van der Waals surface area contributed by atoms with E-state index in [9.17, 15) is 26.7 Å². The van der Waals surface area contributed by atoms with Crippen molar-refractivity contribution in [3.8, 4) is 0 Å². The molecule has 9 heteroatoms. The Balaban J connectivity index is 0.00000245. The number of nitrogens with one attached hydrogen (secondary N) is 1. The molecule has 0 aliphatic carbocycles. The summed E-state index contributed by atoms with van der Waals surface area (Å²) >= 11 is 0. The number of hydrogen-bond acceptors (Lipinski definition) is 3. The fraction of sp³-hybridized carbons (Fsp3) is 0.447. The van der Waals surface area contributed by atoms with Crippen LogP contribution >= 0.6 is 0 Å². The topological polar surface area (TPSA) is 35.6 Å². The molecule has 0 radical (unpaired) electrons. The Bertz CT molecular complexity index is 1520. The summed E-state index contributed by atoms with van der Waals surface area (Å²) in [4.78, 5) is 17.8. The summed E-state index contributed by atoms with van der Waals surface area (Å²) in [5, 5.41) is 3.19. The van der Waals surface area contributed by atoms with Crippen molar-refractivity contribution in [2.24, 2.45) is 0 Å². The number of nitrogens with zero attached hydrogens (tertiary/aromatic N) is 2. The van der Waals surface area contributed by atoms with Crippen molar-refractivity contribution in [3.05, 3.63) is 111 Å². The van der Waals surface area contributed by atoms with Crippen molar-refractivity contribution in [2.75, 3.05) is 26.2 Å². The van der Waals surface area contributed by atoms with Crippen molar-refractivity contribution >= 4 is 11.5 Å². The minimum atomic E-state index is -4.34. The molecular formula is C38H46F5N3O. The van der Waals surface area contributed by atoms with E-state index < -0.39 is 17.7 Å². The van der Waals surface area contributed by atoms with Gasteiger partial charge in [0, 0.05) is 63.4 Å². The summed E-state index contributed by atoms with van der Waals surface area (Å²) in [6, 6.07) is 17.7. The third kappa shape index (κ3) is 9.73. The molecule has 0 atom stereocenters. The molecule has 1 amide bonds. The Labute approximate surface area is 275 Å². The smallest absolute Gasteiger partial charge is 0.349 e. The van der Waals surface area contributed by atoms with E-state index in [0.29, 0.717) is 25.2 Å². The molecule has 0 spiro atoms. The van der Waals surface area contributed by atoms with Gasteiger partial charge in [-0.2, -0.15) is 13.2 Å². The Kier molecular flexibility index (Phi) is 12.0. The molecule has 3 aromatic carbocycles. The summed E-state index contributed by atoms with van der Waals surface area (Å²) in [6.45, 7) is 13.4. The summed E-state index contributed by atoms with van der Waals surface area (Å²) in [5.41, 5.74) is 6.42. The normalized spacial score (nSPS) is 16.9. The molecule has 0 aromatic heterocycles. The van der Waals surface area contributed by atoms with E-state index in [4.69, 9.17) is 0 Å². The lowest BCUT2D eigenvalue weighted by atomic mass is 9.90. The minimum Gasteiger partial charge on any atom is -0.349 e. The minimum absolute atomic E-state index is 0.00995. The number of rotatable bonds is 8. The lowest BCUT2D eigenvalue weighted by Crippen LogP contribution is -2.44. The van der Waals surface area contributed by atoms with Crippen LogP contribution in [-0.4, -0.2) is 47.9 Å². The number of carbonyl (C=O) groups is 1. The van der Waals surface area contributed by atoms with Crippen LogP contribution in [0.5, 0.6) is 0 Å². The van der Waals surface area contributed by atoms with E-state index in [0.717, 1.165) is 80.2 Å². The number of amides is 1. The molecule has 0 saturated carbocycles. The molecule has 2 aliphatic rings.